The summed E-state index contributed by atoms with van der Waals surface area (Å²) in [6.45, 7) is 4.60. The second-order valence-electron chi connectivity index (χ2n) is 5.96. The van der Waals surface area contributed by atoms with E-state index in [2.05, 4.69) is 27.5 Å². The number of amides is 1. The van der Waals surface area contributed by atoms with Gasteiger partial charge in [0.2, 0.25) is 5.91 Å². The highest BCUT2D eigenvalue weighted by Crippen LogP contribution is 2.21. The fourth-order valence-corrected chi connectivity index (χ4v) is 3.10. The predicted molar refractivity (Wildman–Crippen MR) is 82.7 cm³/mol. The number of aromatic nitrogens is 2. The minimum atomic E-state index is -0.375. The van der Waals surface area contributed by atoms with Crippen LogP contribution in [-0.4, -0.2) is 48.2 Å². The molecule has 6 nitrogen and oxygen atoms in total. The molecule has 2 N–H and O–H groups in total. The summed E-state index contributed by atoms with van der Waals surface area (Å²) in [4.78, 5) is 21.2. The van der Waals surface area contributed by atoms with Gasteiger partial charge >= 0.3 is 0 Å². The summed E-state index contributed by atoms with van der Waals surface area (Å²) in [6.07, 6.45) is 4.90. The zero-order valence-corrected chi connectivity index (χ0v) is 13.2. The van der Waals surface area contributed by atoms with Crippen LogP contribution < -0.4 is 10.6 Å². The van der Waals surface area contributed by atoms with Crippen LogP contribution in [0.1, 0.15) is 35.6 Å². The van der Waals surface area contributed by atoms with Crippen molar-refractivity contribution < 1.29 is 9.53 Å². The van der Waals surface area contributed by atoms with Crippen LogP contribution in [0.25, 0.3) is 0 Å². The predicted octanol–water partition coefficient (Wildman–Crippen LogP) is 0.311. The molecule has 22 heavy (non-hydrogen) atoms. The zero-order valence-electron chi connectivity index (χ0n) is 13.2. The standard InChI is InChI=1S/C16H24N4O2/c1-11-12-4-2-3-5-13(12)20-15(19-11)6-7-18-16(21)14-10-17-8-9-22-14/h14,17H,2-10H2,1H3,(H,18,21). The average Bonchev–Trinajstić information content (AvgIpc) is 2.56. The number of hydrogen-bond donors (Lipinski definition) is 2. The lowest BCUT2D eigenvalue weighted by molar-refractivity contribution is -0.134. The van der Waals surface area contributed by atoms with Crippen LogP contribution in [0.3, 0.4) is 0 Å². The van der Waals surface area contributed by atoms with Gasteiger partial charge in [0.05, 0.1) is 6.61 Å². The number of rotatable bonds is 4. The molecule has 1 fully saturated rings. The van der Waals surface area contributed by atoms with Crippen LogP contribution in [0, 0.1) is 6.92 Å². The maximum Gasteiger partial charge on any atom is 0.250 e. The molecule has 1 aliphatic heterocycles. The van der Waals surface area contributed by atoms with Crippen molar-refractivity contribution in [3.8, 4) is 0 Å². The van der Waals surface area contributed by atoms with Gasteiger partial charge in [0.25, 0.3) is 0 Å². The second-order valence-corrected chi connectivity index (χ2v) is 5.96. The van der Waals surface area contributed by atoms with E-state index in [0.717, 1.165) is 30.9 Å². The first-order chi connectivity index (χ1) is 10.7. The molecule has 0 radical (unpaired) electrons. The Balaban J connectivity index is 1.53. The number of nitrogens with one attached hydrogen (secondary N) is 2. The molecule has 6 heteroatoms. The molecule has 1 atom stereocenters. The van der Waals surface area contributed by atoms with E-state index < -0.39 is 0 Å². The lowest BCUT2D eigenvalue weighted by atomic mass is 9.95. The smallest absolute Gasteiger partial charge is 0.250 e. The molecule has 1 saturated heterocycles. The van der Waals surface area contributed by atoms with Gasteiger partial charge in [0.15, 0.2) is 0 Å². The summed E-state index contributed by atoms with van der Waals surface area (Å²) in [6, 6.07) is 0. The van der Waals surface area contributed by atoms with Gasteiger partial charge < -0.3 is 15.4 Å². The minimum Gasteiger partial charge on any atom is -0.366 e. The van der Waals surface area contributed by atoms with Crippen LogP contribution in [0.4, 0.5) is 0 Å². The van der Waals surface area contributed by atoms with Crippen molar-refractivity contribution in [3.63, 3.8) is 0 Å². The second kappa shape index (κ2) is 7.15. The Morgan fingerprint density at radius 3 is 3.05 bits per heavy atom. The van der Waals surface area contributed by atoms with E-state index >= 15 is 0 Å². The van der Waals surface area contributed by atoms with Crippen LogP contribution in [0.5, 0.6) is 0 Å². The highest BCUT2D eigenvalue weighted by molar-refractivity contribution is 5.81. The molecule has 1 unspecified atom stereocenters. The van der Waals surface area contributed by atoms with Crippen molar-refractivity contribution >= 4 is 5.91 Å². The molecule has 2 aliphatic rings. The maximum atomic E-state index is 12.0. The number of carbonyl (C=O) groups is 1. The summed E-state index contributed by atoms with van der Waals surface area (Å²) in [5, 5.41) is 6.07. The van der Waals surface area contributed by atoms with Crippen molar-refractivity contribution in [3.05, 3.63) is 22.8 Å². The highest BCUT2D eigenvalue weighted by Gasteiger charge is 2.21. The Morgan fingerprint density at radius 1 is 1.36 bits per heavy atom. The Bertz CT molecular complexity index is 541. The number of aryl methyl sites for hydroxylation is 2. The minimum absolute atomic E-state index is 0.0538. The monoisotopic (exact) mass is 304 g/mol. The first kappa shape index (κ1) is 15.4. The number of morpholine rings is 1. The van der Waals surface area contributed by atoms with E-state index in [1.807, 2.05) is 0 Å². The molecule has 3 rings (SSSR count). The van der Waals surface area contributed by atoms with Crippen LogP contribution in [0.2, 0.25) is 0 Å². The molecule has 1 aromatic heterocycles. The van der Waals surface area contributed by atoms with E-state index in [9.17, 15) is 4.79 Å². The van der Waals surface area contributed by atoms with Gasteiger partial charge in [-0.2, -0.15) is 0 Å². The summed E-state index contributed by atoms with van der Waals surface area (Å²) in [5.74, 6) is 0.781. The van der Waals surface area contributed by atoms with Crippen LogP contribution in [-0.2, 0) is 28.8 Å². The molecule has 0 bridgehead atoms. The van der Waals surface area contributed by atoms with Crippen molar-refractivity contribution in [2.75, 3.05) is 26.2 Å². The Morgan fingerprint density at radius 2 is 2.23 bits per heavy atom. The molecule has 1 amide bonds. The number of carbonyl (C=O) groups excluding carboxylic acids is 1. The lowest BCUT2D eigenvalue weighted by Crippen LogP contribution is -2.48. The van der Waals surface area contributed by atoms with Crippen molar-refractivity contribution in [1.29, 1.82) is 0 Å². The highest BCUT2D eigenvalue weighted by atomic mass is 16.5. The third kappa shape index (κ3) is 3.62. The molecule has 0 saturated carbocycles. The van der Waals surface area contributed by atoms with Gasteiger partial charge in [-0.25, -0.2) is 9.97 Å². The molecule has 0 spiro atoms. The van der Waals surface area contributed by atoms with Gasteiger partial charge in [-0.05, 0) is 38.2 Å². The number of fused-ring (bicyclic) bond motifs is 1. The fourth-order valence-electron chi connectivity index (χ4n) is 3.10. The van der Waals surface area contributed by atoms with Crippen molar-refractivity contribution in [2.24, 2.45) is 0 Å². The lowest BCUT2D eigenvalue weighted by Gasteiger charge is -2.22. The van der Waals surface area contributed by atoms with E-state index in [4.69, 9.17) is 4.74 Å². The van der Waals surface area contributed by atoms with Crippen molar-refractivity contribution in [1.82, 2.24) is 20.6 Å². The Labute approximate surface area is 131 Å². The Hall–Kier alpha value is -1.53. The summed E-state index contributed by atoms with van der Waals surface area (Å²) in [7, 11) is 0. The quantitative estimate of drug-likeness (QED) is 0.837. The van der Waals surface area contributed by atoms with Crippen LogP contribution in [0.15, 0.2) is 0 Å². The molecule has 0 aromatic carbocycles. The SMILES string of the molecule is Cc1nc(CCNC(=O)C2CNCCO2)nc2c1CCCC2. The molecular formula is C16H24N4O2. The van der Waals surface area contributed by atoms with Gasteiger partial charge in [0, 0.05) is 37.4 Å². The van der Waals surface area contributed by atoms with Gasteiger partial charge in [-0.15, -0.1) is 0 Å². The third-order valence-electron chi connectivity index (χ3n) is 4.30. The number of ether oxygens (including phenoxy) is 1. The van der Waals surface area contributed by atoms with Gasteiger partial charge in [0.1, 0.15) is 11.9 Å². The molecule has 1 aliphatic carbocycles. The van der Waals surface area contributed by atoms with E-state index in [0.29, 0.717) is 26.1 Å². The van der Waals surface area contributed by atoms with E-state index in [-0.39, 0.29) is 12.0 Å². The molecular weight excluding hydrogens is 280 g/mol. The fraction of sp³-hybridized carbons (Fsp3) is 0.688. The first-order valence-corrected chi connectivity index (χ1v) is 8.19. The van der Waals surface area contributed by atoms with Gasteiger partial charge in [-0.1, -0.05) is 0 Å². The number of nitrogens with zero attached hydrogens (tertiary/aromatic N) is 2. The average molecular weight is 304 g/mol. The van der Waals surface area contributed by atoms with Gasteiger partial charge in [-0.3, -0.25) is 4.79 Å². The molecule has 120 valence electrons. The molecule has 1 aromatic rings. The summed E-state index contributed by atoms with van der Waals surface area (Å²) >= 11 is 0. The number of hydrogen-bond acceptors (Lipinski definition) is 5. The topological polar surface area (TPSA) is 76.1 Å². The Kier molecular flexibility index (Phi) is 5.00. The van der Waals surface area contributed by atoms with E-state index in [1.54, 1.807) is 0 Å². The largest absolute Gasteiger partial charge is 0.366 e. The van der Waals surface area contributed by atoms with Crippen molar-refractivity contribution in [2.45, 2.75) is 45.1 Å². The maximum absolute atomic E-state index is 12.0. The third-order valence-corrected chi connectivity index (χ3v) is 4.30. The van der Waals surface area contributed by atoms with Crippen LogP contribution >= 0.6 is 0 Å². The normalized spacial score (nSPS) is 21.2. The zero-order chi connectivity index (χ0) is 15.4. The summed E-state index contributed by atoms with van der Waals surface area (Å²) < 4.78 is 5.43. The summed E-state index contributed by atoms with van der Waals surface area (Å²) in [5.41, 5.74) is 3.64. The molecule has 2 heterocycles. The first-order valence-electron chi connectivity index (χ1n) is 8.19. The van der Waals surface area contributed by atoms with E-state index in [1.165, 1.54) is 24.1 Å².